The van der Waals surface area contributed by atoms with Crippen molar-refractivity contribution >= 4 is 22.1 Å². The molecule has 0 aliphatic rings. The summed E-state index contributed by atoms with van der Waals surface area (Å²) >= 11 is 0. The van der Waals surface area contributed by atoms with Gasteiger partial charge in [-0.1, -0.05) is 24.3 Å². The predicted molar refractivity (Wildman–Crippen MR) is 137 cm³/mol. The van der Waals surface area contributed by atoms with Gasteiger partial charge in [0, 0.05) is 28.3 Å². The fourth-order valence-corrected chi connectivity index (χ4v) is 4.37. The minimum absolute atomic E-state index is 0.350. The number of fused-ring (bicyclic) bond motifs is 2. The van der Waals surface area contributed by atoms with Gasteiger partial charge in [0.05, 0.1) is 28.8 Å². The Labute approximate surface area is 213 Å². The zero-order valence-corrected chi connectivity index (χ0v) is 19.9. The lowest BCUT2D eigenvalue weighted by molar-refractivity contribution is -0.137. The highest BCUT2D eigenvalue weighted by molar-refractivity contribution is 6.04. The molecule has 0 radical (unpaired) electrons. The standard InChI is InChI=1S/C26H16F3N7.H4N2/c1-14-7-8-18-20(15-4-2-5-16(10-15)26(27,28)29)31-11-32-22(18)19(14)21-17(6-3-9-30-21)23-24-25(35-12-33-23)36-13-34-24;1-2/h2-13H,1H3,(H,33,34,35,36);1-2H2. The number of imidazole rings is 1. The van der Waals surface area contributed by atoms with Crippen molar-refractivity contribution < 1.29 is 13.2 Å². The van der Waals surface area contributed by atoms with Crippen molar-refractivity contribution in [1.29, 1.82) is 0 Å². The summed E-state index contributed by atoms with van der Waals surface area (Å²) in [5, 5.41) is 0.614. The molecule has 0 amide bonds. The quantitative estimate of drug-likeness (QED) is 0.224. The normalized spacial score (nSPS) is 11.4. The minimum atomic E-state index is -4.46. The number of hydrazine groups is 1. The first-order valence-corrected chi connectivity index (χ1v) is 11.3. The average Bonchev–Trinajstić information content (AvgIpc) is 3.43. The van der Waals surface area contributed by atoms with Gasteiger partial charge in [-0.05, 0) is 36.8 Å². The van der Waals surface area contributed by atoms with E-state index in [0.717, 1.165) is 28.8 Å². The number of pyridine rings is 1. The van der Waals surface area contributed by atoms with Crippen molar-refractivity contribution in [3.8, 4) is 33.8 Å². The molecule has 4 aromatic heterocycles. The van der Waals surface area contributed by atoms with Crippen LogP contribution in [0.25, 0.3) is 55.8 Å². The molecule has 5 N–H and O–H groups in total. The summed E-state index contributed by atoms with van der Waals surface area (Å²) in [6, 6.07) is 12.6. The van der Waals surface area contributed by atoms with Gasteiger partial charge in [0.25, 0.3) is 0 Å². The highest BCUT2D eigenvalue weighted by Gasteiger charge is 2.30. The van der Waals surface area contributed by atoms with Gasteiger partial charge in [0.15, 0.2) is 5.65 Å². The highest BCUT2D eigenvalue weighted by atomic mass is 19.4. The molecule has 0 aliphatic heterocycles. The Morgan fingerprint density at radius 2 is 1.58 bits per heavy atom. The molecule has 0 atom stereocenters. The summed E-state index contributed by atoms with van der Waals surface area (Å²) in [6.45, 7) is 1.94. The molecule has 0 saturated heterocycles. The van der Waals surface area contributed by atoms with Gasteiger partial charge in [0.1, 0.15) is 23.9 Å². The third kappa shape index (κ3) is 4.31. The highest BCUT2D eigenvalue weighted by Crippen LogP contribution is 2.39. The maximum Gasteiger partial charge on any atom is 0.416 e. The zero-order valence-electron chi connectivity index (χ0n) is 19.9. The van der Waals surface area contributed by atoms with Crippen LogP contribution >= 0.6 is 0 Å². The third-order valence-corrected chi connectivity index (χ3v) is 6.00. The number of aromatic amines is 1. The number of halogens is 3. The molecule has 12 heteroatoms. The Morgan fingerprint density at radius 1 is 0.789 bits per heavy atom. The van der Waals surface area contributed by atoms with Gasteiger partial charge in [0.2, 0.25) is 0 Å². The number of nitrogens with zero attached hydrogens (tertiary/aromatic N) is 6. The first kappa shape index (κ1) is 24.9. The second kappa shape index (κ2) is 9.92. The molecule has 6 aromatic rings. The number of aryl methyl sites for hydroxylation is 1. The van der Waals surface area contributed by atoms with Crippen molar-refractivity contribution in [3.63, 3.8) is 0 Å². The number of alkyl halides is 3. The lowest BCUT2D eigenvalue weighted by atomic mass is 9.94. The van der Waals surface area contributed by atoms with E-state index in [9.17, 15) is 13.2 Å². The second-order valence-electron chi connectivity index (χ2n) is 8.18. The predicted octanol–water partition coefficient (Wildman–Crippen LogP) is 4.84. The molecule has 0 unspecified atom stereocenters. The van der Waals surface area contributed by atoms with Crippen LogP contribution in [0.4, 0.5) is 13.2 Å². The summed E-state index contributed by atoms with van der Waals surface area (Å²) < 4.78 is 40.1. The lowest BCUT2D eigenvalue weighted by Gasteiger charge is -2.15. The number of hydrogen-bond donors (Lipinski definition) is 3. The molecule has 2 aromatic carbocycles. The summed E-state index contributed by atoms with van der Waals surface area (Å²) in [4.78, 5) is 29.5. The number of hydrogen-bond acceptors (Lipinski definition) is 8. The molecule has 0 aliphatic carbocycles. The minimum Gasteiger partial charge on any atom is -0.341 e. The second-order valence-corrected chi connectivity index (χ2v) is 8.18. The number of benzene rings is 2. The SMILES string of the molecule is Cc1ccc2c(-c3cccc(C(F)(F)F)c3)ncnc2c1-c1ncccc1-c1ncnc2nc[nH]c12.NN. The van der Waals surface area contributed by atoms with Gasteiger partial charge in [-0.25, -0.2) is 24.9 Å². The van der Waals surface area contributed by atoms with Crippen LogP contribution in [-0.2, 0) is 6.18 Å². The Hall–Kier alpha value is -4.81. The topological polar surface area (TPSA) is 145 Å². The Balaban J connectivity index is 0.00000144. The molecule has 0 saturated carbocycles. The van der Waals surface area contributed by atoms with E-state index in [2.05, 4.69) is 46.6 Å². The summed E-state index contributed by atoms with van der Waals surface area (Å²) in [6.07, 6.45) is 1.58. The summed E-state index contributed by atoms with van der Waals surface area (Å²) in [5.74, 6) is 8.00. The van der Waals surface area contributed by atoms with E-state index >= 15 is 0 Å². The van der Waals surface area contributed by atoms with Crippen LogP contribution in [-0.4, -0.2) is 34.9 Å². The molecular weight excluding hydrogens is 495 g/mol. The van der Waals surface area contributed by atoms with Gasteiger partial charge in [-0.3, -0.25) is 16.7 Å². The average molecular weight is 516 g/mol. The Morgan fingerprint density at radius 3 is 2.39 bits per heavy atom. The molecule has 190 valence electrons. The van der Waals surface area contributed by atoms with Crippen LogP contribution in [0, 0.1) is 6.92 Å². The molecule has 4 heterocycles. The van der Waals surface area contributed by atoms with Gasteiger partial charge in [-0.15, -0.1) is 0 Å². The number of rotatable bonds is 3. The van der Waals surface area contributed by atoms with E-state index < -0.39 is 11.7 Å². The van der Waals surface area contributed by atoms with Gasteiger partial charge < -0.3 is 4.98 Å². The van der Waals surface area contributed by atoms with Crippen LogP contribution in [0.5, 0.6) is 0 Å². The van der Waals surface area contributed by atoms with Crippen molar-refractivity contribution in [1.82, 2.24) is 34.9 Å². The molecular formula is C26H20F3N9. The maximum absolute atomic E-state index is 13.4. The molecule has 6 rings (SSSR count). The summed E-state index contributed by atoms with van der Waals surface area (Å²) in [7, 11) is 0. The van der Waals surface area contributed by atoms with Crippen LogP contribution < -0.4 is 11.7 Å². The Kier molecular flexibility index (Phi) is 6.49. The van der Waals surface area contributed by atoms with Crippen molar-refractivity contribution in [2.75, 3.05) is 0 Å². The van der Waals surface area contributed by atoms with Crippen LogP contribution in [0.15, 0.2) is 73.7 Å². The third-order valence-electron chi connectivity index (χ3n) is 6.00. The first-order chi connectivity index (χ1) is 18.4. The van der Waals surface area contributed by atoms with E-state index in [1.165, 1.54) is 18.7 Å². The smallest absolute Gasteiger partial charge is 0.341 e. The maximum atomic E-state index is 13.4. The van der Waals surface area contributed by atoms with Crippen LogP contribution in [0.1, 0.15) is 11.1 Å². The molecule has 0 bridgehead atoms. The molecule has 0 fully saturated rings. The van der Waals surface area contributed by atoms with Crippen LogP contribution in [0.2, 0.25) is 0 Å². The fraction of sp³-hybridized carbons (Fsp3) is 0.0769. The van der Waals surface area contributed by atoms with E-state index in [1.807, 2.05) is 31.2 Å². The Bertz CT molecular complexity index is 1760. The largest absolute Gasteiger partial charge is 0.416 e. The van der Waals surface area contributed by atoms with E-state index in [4.69, 9.17) is 0 Å². The number of aromatic nitrogens is 7. The van der Waals surface area contributed by atoms with Gasteiger partial charge >= 0.3 is 6.18 Å². The zero-order chi connectivity index (χ0) is 26.9. The number of H-pyrrole nitrogens is 1. The first-order valence-electron chi connectivity index (χ1n) is 11.3. The monoisotopic (exact) mass is 515 g/mol. The van der Waals surface area contributed by atoms with E-state index in [-0.39, 0.29) is 0 Å². The number of nitrogens with two attached hydrogens (primary N) is 2. The molecule has 0 spiro atoms. The lowest BCUT2D eigenvalue weighted by Crippen LogP contribution is -2.04. The molecule has 9 nitrogen and oxygen atoms in total. The van der Waals surface area contributed by atoms with Crippen molar-refractivity contribution in [2.24, 2.45) is 11.7 Å². The van der Waals surface area contributed by atoms with Gasteiger partial charge in [-0.2, -0.15) is 13.2 Å². The fourth-order valence-electron chi connectivity index (χ4n) is 4.37. The van der Waals surface area contributed by atoms with Crippen LogP contribution in [0.3, 0.4) is 0 Å². The van der Waals surface area contributed by atoms with Crippen molar-refractivity contribution in [3.05, 3.63) is 84.8 Å². The van der Waals surface area contributed by atoms with E-state index in [1.54, 1.807) is 18.6 Å². The van der Waals surface area contributed by atoms with Crippen molar-refractivity contribution in [2.45, 2.75) is 13.1 Å². The number of nitrogens with one attached hydrogen (secondary N) is 1. The van der Waals surface area contributed by atoms with E-state index in [0.29, 0.717) is 44.7 Å². The molecule has 38 heavy (non-hydrogen) atoms. The summed E-state index contributed by atoms with van der Waals surface area (Å²) in [5.41, 5.74) is 5.42.